The van der Waals surface area contributed by atoms with E-state index in [-0.39, 0.29) is 18.9 Å². The minimum atomic E-state index is -2.41. The van der Waals surface area contributed by atoms with E-state index in [0.717, 1.165) is 19.5 Å². The van der Waals surface area contributed by atoms with Crippen molar-refractivity contribution in [3.63, 3.8) is 0 Å². The molecule has 2 atom stereocenters. The molecule has 2 fully saturated rings. The molecule has 1 aliphatic carbocycles. The zero-order chi connectivity index (χ0) is 9.31. The van der Waals surface area contributed by atoms with E-state index in [2.05, 4.69) is 10.6 Å². The summed E-state index contributed by atoms with van der Waals surface area (Å²) >= 11 is 0. The van der Waals surface area contributed by atoms with Crippen molar-refractivity contribution < 1.29 is 8.78 Å². The van der Waals surface area contributed by atoms with Gasteiger partial charge in [-0.25, -0.2) is 8.78 Å². The summed E-state index contributed by atoms with van der Waals surface area (Å²) in [5, 5.41) is 6.51. The molecule has 1 saturated heterocycles. The van der Waals surface area contributed by atoms with Crippen molar-refractivity contribution in [2.24, 2.45) is 0 Å². The molecule has 1 saturated carbocycles. The Bertz CT molecular complexity index is 178. The highest BCUT2D eigenvalue weighted by Gasteiger charge is 2.39. The van der Waals surface area contributed by atoms with Crippen LogP contribution in [0, 0.1) is 0 Å². The van der Waals surface area contributed by atoms with Gasteiger partial charge < -0.3 is 10.6 Å². The maximum Gasteiger partial charge on any atom is 0.249 e. The van der Waals surface area contributed by atoms with Gasteiger partial charge in [0.05, 0.1) is 0 Å². The molecule has 0 bridgehead atoms. The average molecular weight is 190 g/mol. The summed E-state index contributed by atoms with van der Waals surface area (Å²) < 4.78 is 25.6. The Morgan fingerprint density at radius 2 is 2.08 bits per heavy atom. The van der Waals surface area contributed by atoms with E-state index in [1.54, 1.807) is 0 Å². The highest BCUT2D eigenvalue weighted by Crippen LogP contribution is 2.35. The molecule has 1 heterocycles. The summed E-state index contributed by atoms with van der Waals surface area (Å²) in [5.74, 6) is -2.41. The molecule has 0 aromatic heterocycles. The third kappa shape index (κ3) is 2.38. The van der Waals surface area contributed by atoms with E-state index >= 15 is 0 Å². The minimum absolute atomic E-state index is 0.0313. The number of hydrogen-bond donors (Lipinski definition) is 2. The van der Waals surface area contributed by atoms with Crippen LogP contribution in [-0.4, -0.2) is 31.1 Å². The van der Waals surface area contributed by atoms with Crippen LogP contribution < -0.4 is 10.6 Å². The highest BCUT2D eigenvalue weighted by atomic mass is 19.3. The quantitative estimate of drug-likeness (QED) is 0.682. The first-order chi connectivity index (χ1) is 6.16. The van der Waals surface area contributed by atoms with Crippen LogP contribution in [0.15, 0.2) is 0 Å². The highest BCUT2D eigenvalue weighted by molar-refractivity contribution is 4.89. The smallest absolute Gasteiger partial charge is 0.249 e. The van der Waals surface area contributed by atoms with Gasteiger partial charge in [-0.3, -0.25) is 0 Å². The van der Waals surface area contributed by atoms with Crippen LogP contribution in [0.2, 0.25) is 0 Å². The number of alkyl halides is 2. The van der Waals surface area contributed by atoms with Crippen molar-refractivity contribution in [3.8, 4) is 0 Å². The molecule has 0 aromatic carbocycles. The van der Waals surface area contributed by atoms with Crippen LogP contribution in [0.1, 0.15) is 25.7 Å². The molecule has 2 rings (SSSR count). The van der Waals surface area contributed by atoms with Gasteiger partial charge in [0.1, 0.15) is 0 Å². The third-order valence-corrected chi connectivity index (χ3v) is 2.94. The average Bonchev–Trinajstić information content (AvgIpc) is 2.61. The van der Waals surface area contributed by atoms with E-state index in [1.807, 2.05) is 0 Å². The first kappa shape index (κ1) is 9.34. The van der Waals surface area contributed by atoms with E-state index < -0.39 is 5.92 Å². The molecule has 2 N–H and O–H groups in total. The molecule has 2 nitrogen and oxygen atoms in total. The maximum absolute atomic E-state index is 12.8. The van der Waals surface area contributed by atoms with Crippen LogP contribution in [0.4, 0.5) is 8.78 Å². The van der Waals surface area contributed by atoms with E-state index in [1.165, 1.54) is 0 Å². The standard InChI is InChI=1S/C9H16F2N2/c10-9(11)3-1-7(5-9)13-8-2-4-12-6-8/h7-8,12-13H,1-6H2. The second-order valence-electron chi connectivity index (χ2n) is 4.15. The normalized spacial score (nSPS) is 38.3. The van der Waals surface area contributed by atoms with Gasteiger partial charge in [-0.2, -0.15) is 0 Å². The van der Waals surface area contributed by atoms with Gasteiger partial charge in [0.2, 0.25) is 5.92 Å². The predicted molar refractivity (Wildman–Crippen MR) is 47.0 cm³/mol. The Morgan fingerprint density at radius 3 is 2.62 bits per heavy atom. The van der Waals surface area contributed by atoms with Crippen LogP contribution >= 0.6 is 0 Å². The van der Waals surface area contributed by atoms with E-state index in [0.29, 0.717) is 12.5 Å². The molecule has 0 spiro atoms. The Labute approximate surface area is 77.1 Å². The molecular formula is C9H16F2N2. The Hall–Kier alpha value is -0.220. The monoisotopic (exact) mass is 190 g/mol. The lowest BCUT2D eigenvalue weighted by Crippen LogP contribution is -2.38. The van der Waals surface area contributed by atoms with Crippen molar-refractivity contribution in [2.75, 3.05) is 13.1 Å². The Balaban J connectivity index is 1.77. The molecule has 13 heavy (non-hydrogen) atoms. The van der Waals surface area contributed by atoms with Gasteiger partial charge in [0.15, 0.2) is 0 Å². The van der Waals surface area contributed by atoms with Crippen molar-refractivity contribution >= 4 is 0 Å². The largest absolute Gasteiger partial charge is 0.315 e. The molecule has 2 unspecified atom stereocenters. The summed E-state index contributed by atoms with van der Waals surface area (Å²) in [6.45, 7) is 1.95. The first-order valence-electron chi connectivity index (χ1n) is 5.00. The van der Waals surface area contributed by atoms with Crippen molar-refractivity contribution in [3.05, 3.63) is 0 Å². The first-order valence-corrected chi connectivity index (χ1v) is 5.00. The summed E-state index contributed by atoms with van der Waals surface area (Å²) in [6.07, 6.45) is 1.79. The molecule has 4 heteroatoms. The van der Waals surface area contributed by atoms with Crippen LogP contribution in [-0.2, 0) is 0 Å². The SMILES string of the molecule is FC1(F)CCC(NC2CCNC2)C1. The summed E-state index contributed by atoms with van der Waals surface area (Å²) in [5.41, 5.74) is 0. The summed E-state index contributed by atoms with van der Waals surface area (Å²) in [7, 11) is 0. The lowest BCUT2D eigenvalue weighted by Gasteiger charge is -2.17. The van der Waals surface area contributed by atoms with Gasteiger partial charge in [-0.15, -0.1) is 0 Å². The summed E-state index contributed by atoms with van der Waals surface area (Å²) in [4.78, 5) is 0. The molecule has 0 aromatic rings. The van der Waals surface area contributed by atoms with Crippen molar-refractivity contribution in [2.45, 2.75) is 43.7 Å². The van der Waals surface area contributed by atoms with E-state index in [9.17, 15) is 8.78 Å². The topological polar surface area (TPSA) is 24.1 Å². The maximum atomic E-state index is 12.8. The van der Waals surface area contributed by atoms with Gasteiger partial charge in [0.25, 0.3) is 0 Å². The second kappa shape index (κ2) is 3.50. The molecule has 0 radical (unpaired) electrons. The Morgan fingerprint density at radius 1 is 1.23 bits per heavy atom. The van der Waals surface area contributed by atoms with Crippen LogP contribution in [0.25, 0.3) is 0 Å². The van der Waals surface area contributed by atoms with Crippen LogP contribution in [0.3, 0.4) is 0 Å². The van der Waals surface area contributed by atoms with Gasteiger partial charge in [-0.1, -0.05) is 0 Å². The summed E-state index contributed by atoms with van der Waals surface area (Å²) in [6, 6.07) is 0.457. The number of nitrogens with one attached hydrogen (secondary N) is 2. The molecule has 1 aliphatic heterocycles. The second-order valence-corrected chi connectivity index (χ2v) is 4.15. The number of rotatable bonds is 2. The van der Waals surface area contributed by atoms with Crippen molar-refractivity contribution in [1.29, 1.82) is 0 Å². The zero-order valence-corrected chi connectivity index (χ0v) is 7.65. The van der Waals surface area contributed by atoms with Crippen LogP contribution in [0.5, 0.6) is 0 Å². The Kier molecular flexibility index (Phi) is 2.51. The number of hydrogen-bond acceptors (Lipinski definition) is 2. The van der Waals surface area contributed by atoms with Crippen molar-refractivity contribution in [1.82, 2.24) is 10.6 Å². The molecule has 0 amide bonds. The fourth-order valence-corrected chi connectivity index (χ4v) is 2.22. The van der Waals surface area contributed by atoms with E-state index in [4.69, 9.17) is 0 Å². The lowest BCUT2D eigenvalue weighted by molar-refractivity contribution is 0.00666. The zero-order valence-electron chi connectivity index (χ0n) is 7.65. The fraction of sp³-hybridized carbons (Fsp3) is 1.00. The molecule has 2 aliphatic rings. The number of halogens is 2. The van der Waals surface area contributed by atoms with Gasteiger partial charge in [-0.05, 0) is 19.4 Å². The minimum Gasteiger partial charge on any atom is -0.315 e. The fourth-order valence-electron chi connectivity index (χ4n) is 2.22. The predicted octanol–water partition coefficient (Wildman–Crippen LogP) is 1.13. The van der Waals surface area contributed by atoms with Gasteiger partial charge >= 0.3 is 0 Å². The molecular weight excluding hydrogens is 174 g/mol. The third-order valence-electron chi connectivity index (χ3n) is 2.94. The molecule has 76 valence electrons. The lowest BCUT2D eigenvalue weighted by atomic mass is 10.2. The van der Waals surface area contributed by atoms with Gasteiger partial charge in [0, 0.05) is 31.5 Å².